The first-order valence-electron chi connectivity index (χ1n) is 9.06. The van der Waals surface area contributed by atoms with Gasteiger partial charge in [-0.15, -0.1) is 0 Å². The summed E-state index contributed by atoms with van der Waals surface area (Å²) in [7, 11) is -16.6. The number of ether oxygens (including phenoxy) is 1. The Hall–Kier alpha value is -0.860. The van der Waals surface area contributed by atoms with Crippen molar-refractivity contribution in [1.29, 1.82) is 0 Å². The van der Waals surface area contributed by atoms with Crippen LogP contribution in [0.15, 0.2) is 36.5 Å². The lowest BCUT2D eigenvalue weighted by Gasteiger charge is -2.20. The Morgan fingerprint density at radius 2 is 1.70 bits per heavy atom. The summed E-state index contributed by atoms with van der Waals surface area (Å²) in [6.07, 6.45) is -2.06. The Morgan fingerprint density at radius 3 is 2.33 bits per heavy atom. The van der Waals surface area contributed by atoms with Crippen molar-refractivity contribution in [2.45, 2.75) is 18.4 Å². The Kier molecular flexibility index (Phi) is 8.12. The molecule has 6 atom stereocenters. The van der Waals surface area contributed by atoms with Crippen LogP contribution in [0.5, 0.6) is 0 Å². The average Bonchev–Trinajstić information content (AvgIpc) is 2.99. The summed E-state index contributed by atoms with van der Waals surface area (Å²) in [6, 6.07) is 8.93. The average molecular weight is 547 g/mol. The highest BCUT2D eigenvalue weighted by Crippen LogP contribution is 2.66. The fraction of sp³-hybridized carbons (Fsp3) is 0.400. The first-order valence-corrected chi connectivity index (χ1v) is 14.0. The van der Waals surface area contributed by atoms with E-state index in [0.717, 1.165) is 5.39 Å². The normalized spacial score (nSPS) is 27.3. The fourth-order valence-electron chi connectivity index (χ4n) is 3.29. The van der Waals surface area contributed by atoms with E-state index >= 15 is 0 Å². The van der Waals surface area contributed by atoms with Crippen molar-refractivity contribution in [2.75, 3.05) is 13.2 Å². The molecule has 3 rings (SSSR count). The number of hydrogen-bond acceptors (Lipinski definition) is 10. The van der Waals surface area contributed by atoms with Crippen molar-refractivity contribution in [1.82, 2.24) is 4.57 Å². The summed E-state index contributed by atoms with van der Waals surface area (Å²) in [5.41, 5.74) is 0. The molecule has 0 aliphatic carbocycles. The number of aliphatic hydroxyl groups excluding tert-OH is 2. The minimum Gasteiger partial charge on any atom is -0.396 e. The van der Waals surface area contributed by atoms with Gasteiger partial charge in [0.2, 0.25) is 0 Å². The highest BCUT2D eigenvalue weighted by atomic mass is 32.1. The van der Waals surface area contributed by atoms with E-state index in [9.17, 15) is 33.7 Å². The third kappa shape index (κ3) is 6.63. The van der Waals surface area contributed by atoms with Gasteiger partial charge < -0.3 is 39.1 Å². The summed E-state index contributed by atoms with van der Waals surface area (Å²) in [4.78, 5) is 35.9. The lowest BCUT2D eigenvalue weighted by atomic mass is 9.99. The van der Waals surface area contributed by atoms with Crippen molar-refractivity contribution in [2.24, 2.45) is 5.92 Å². The number of aliphatic hydroxyl groups is 2. The molecule has 0 bridgehead atoms. The molecule has 0 spiro atoms. The number of benzene rings is 1. The van der Waals surface area contributed by atoms with E-state index < -0.39 is 61.0 Å². The van der Waals surface area contributed by atoms with Crippen LogP contribution < -0.4 is 0 Å². The standard InChI is InChI=1S/C15H20NO13P3S/c17-7-11-12(8-26-31(22,23)29-32(24,25)28-30(19,20)21)27-14(13(11)18)16-6-5-9-3-1-2-4-10(9)15(16)33/h1-6,11-14,17-18H,7-8H2,(H,22,23)(H,24,25)(H2,19,20,21)/t11?,12-,13+,14-/m1/s1. The third-order valence-electron chi connectivity index (χ3n) is 4.67. The van der Waals surface area contributed by atoms with Crippen LogP contribution in [0.2, 0.25) is 0 Å². The molecule has 14 nitrogen and oxygen atoms in total. The molecule has 0 saturated carbocycles. The van der Waals surface area contributed by atoms with Crippen LogP contribution in [-0.2, 0) is 31.6 Å². The first-order chi connectivity index (χ1) is 15.2. The SMILES string of the molecule is O=P(O)(O)OP(=O)(O)OP(=O)(O)OC[C@H]1O[C@@H](n2ccc3ccccc3c2=S)[C@@H](O)C1CO. The van der Waals surface area contributed by atoms with Gasteiger partial charge in [-0.05, 0) is 11.5 Å². The highest BCUT2D eigenvalue weighted by Gasteiger charge is 2.46. The number of aromatic nitrogens is 1. The predicted molar refractivity (Wildman–Crippen MR) is 113 cm³/mol. The Morgan fingerprint density at radius 1 is 1.03 bits per heavy atom. The summed E-state index contributed by atoms with van der Waals surface area (Å²) < 4.78 is 53.3. The van der Waals surface area contributed by atoms with Gasteiger partial charge in [-0.1, -0.05) is 36.5 Å². The van der Waals surface area contributed by atoms with Crippen molar-refractivity contribution in [3.8, 4) is 0 Å². The second-order valence-corrected chi connectivity index (χ2v) is 11.7. The number of pyridine rings is 1. The van der Waals surface area contributed by atoms with Gasteiger partial charge in [-0.2, -0.15) is 8.62 Å². The molecule has 0 amide bonds. The maximum Gasteiger partial charge on any atom is 0.490 e. The molecule has 1 fully saturated rings. The topological polar surface area (TPSA) is 214 Å². The molecule has 6 N–H and O–H groups in total. The summed E-state index contributed by atoms with van der Waals surface area (Å²) in [6.45, 7) is -1.44. The van der Waals surface area contributed by atoms with E-state index in [1.807, 2.05) is 12.1 Å². The van der Waals surface area contributed by atoms with Crippen LogP contribution in [-0.4, -0.2) is 59.8 Å². The van der Waals surface area contributed by atoms with Crippen molar-refractivity contribution in [3.05, 3.63) is 41.2 Å². The minimum absolute atomic E-state index is 0.322. The summed E-state index contributed by atoms with van der Waals surface area (Å²) in [5.74, 6) is -1.02. The number of nitrogens with zero attached hydrogens (tertiary/aromatic N) is 1. The number of phosphoric acid groups is 3. The highest BCUT2D eigenvalue weighted by molar-refractivity contribution is 7.71. The smallest absolute Gasteiger partial charge is 0.396 e. The lowest BCUT2D eigenvalue weighted by Crippen LogP contribution is -2.31. The van der Waals surface area contributed by atoms with Crippen LogP contribution in [0.25, 0.3) is 10.8 Å². The Labute approximate surface area is 191 Å². The Balaban J connectivity index is 1.75. The lowest BCUT2D eigenvalue weighted by molar-refractivity contribution is -0.0514. The number of phosphoric ester groups is 1. The van der Waals surface area contributed by atoms with Crippen LogP contribution >= 0.6 is 35.7 Å². The van der Waals surface area contributed by atoms with E-state index in [0.29, 0.717) is 10.0 Å². The summed E-state index contributed by atoms with van der Waals surface area (Å²) in [5, 5.41) is 21.9. The van der Waals surface area contributed by atoms with Crippen molar-refractivity contribution in [3.63, 3.8) is 0 Å². The molecule has 3 unspecified atom stereocenters. The van der Waals surface area contributed by atoms with E-state index in [-0.39, 0.29) is 0 Å². The zero-order chi connectivity index (χ0) is 24.6. The third-order valence-corrected chi connectivity index (χ3v) is 8.90. The molecular formula is C15H20NO13P3S. The molecule has 2 aromatic rings. The molecule has 1 aliphatic heterocycles. The van der Waals surface area contributed by atoms with Gasteiger partial charge in [0.1, 0.15) is 10.7 Å². The fourth-order valence-corrected chi connectivity index (χ4v) is 6.67. The molecule has 1 aliphatic rings. The van der Waals surface area contributed by atoms with Gasteiger partial charge in [0.25, 0.3) is 0 Å². The molecule has 0 radical (unpaired) electrons. The minimum atomic E-state index is -5.68. The van der Waals surface area contributed by atoms with Gasteiger partial charge in [0.05, 0.1) is 19.3 Å². The summed E-state index contributed by atoms with van der Waals surface area (Å²) >= 11 is 5.46. The van der Waals surface area contributed by atoms with Crippen LogP contribution in [0.3, 0.4) is 0 Å². The first kappa shape index (κ1) is 26.7. The van der Waals surface area contributed by atoms with Gasteiger partial charge in [-0.25, -0.2) is 13.7 Å². The molecule has 2 heterocycles. The van der Waals surface area contributed by atoms with Gasteiger partial charge in [0, 0.05) is 17.5 Å². The van der Waals surface area contributed by atoms with Crippen LogP contribution in [0.1, 0.15) is 6.23 Å². The molecule has 1 saturated heterocycles. The molecular weight excluding hydrogens is 527 g/mol. The molecule has 1 aromatic carbocycles. The van der Waals surface area contributed by atoms with Crippen LogP contribution in [0.4, 0.5) is 0 Å². The number of rotatable bonds is 9. The van der Waals surface area contributed by atoms with E-state index in [4.69, 9.17) is 26.7 Å². The van der Waals surface area contributed by atoms with Crippen molar-refractivity contribution < 1.29 is 61.4 Å². The van der Waals surface area contributed by atoms with Crippen molar-refractivity contribution >= 4 is 46.5 Å². The zero-order valence-electron chi connectivity index (χ0n) is 16.4. The quantitative estimate of drug-likeness (QED) is 0.194. The largest absolute Gasteiger partial charge is 0.490 e. The second kappa shape index (κ2) is 10.0. The maximum atomic E-state index is 11.9. The number of fused-ring (bicyclic) bond motifs is 1. The monoisotopic (exact) mass is 547 g/mol. The van der Waals surface area contributed by atoms with Gasteiger partial charge in [0.15, 0.2) is 6.23 Å². The maximum absolute atomic E-state index is 11.9. The molecule has 1 aromatic heterocycles. The van der Waals surface area contributed by atoms with E-state index in [2.05, 4.69) is 13.1 Å². The van der Waals surface area contributed by atoms with Gasteiger partial charge >= 0.3 is 23.5 Å². The molecule has 184 valence electrons. The van der Waals surface area contributed by atoms with E-state index in [1.54, 1.807) is 24.4 Å². The van der Waals surface area contributed by atoms with Crippen LogP contribution in [0, 0.1) is 10.6 Å². The molecule has 18 heteroatoms. The number of hydrogen-bond donors (Lipinski definition) is 6. The Bertz CT molecular complexity index is 1210. The predicted octanol–water partition coefficient (Wildman–Crippen LogP) is 1.58. The van der Waals surface area contributed by atoms with Gasteiger partial charge in [-0.3, -0.25) is 4.52 Å². The molecule has 33 heavy (non-hydrogen) atoms. The van der Waals surface area contributed by atoms with E-state index in [1.165, 1.54) is 4.57 Å². The second-order valence-electron chi connectivity index (χ2n) is 6.90. The zero-order valence-corrected chi connectivity index (χ0v) is 19.9.